The van der Waals surface area contributed by atoms with Gasteiger partial charge in [-0.3, -0.25) is 9.10 Å². The zero-order valence-electron chi connectivity index (χ0n) is 11.6. The molecule has 1 amide bonds. The predicted molar refractivity (Wildman–Crippen MR) is 77.4 cm³/mol. The van der Waals surface area contributed by atoms with Crippen molar-refractivity contribution < 1.29 is 13.2 Å². The lowest BCUT2D eigenvalue weighted by Gasteiger charge is -2.21. The summed E-state index contributed by atoms with van der Waals surface area (Å²) in [6, 6.07) is 5.48. The number of carbonyl (C=O) groups excluding carboxylic acids is 1. The summed E-state index contributed by atoms with van der Waals surface area (Å²) in [5.74, 6) is -0.0687. The van der Waals surface area contributed by atoms with Gasteiger partial charge in [0.2, 0.25) is 10.0 Å². The van der Waals surface area contributed by atoms with Crippen molar-refractivity contribution in [3.63, 3.8) is 0 Å². The van der Waals surface area contributed by atoms with Gasteiger partial charge in [-0.05, 0) is 49.9 Å². The number of nitrogens with zero attached hydrogens (tertiary/aromatic N) is 1. The van der Waals surface area contributed by atoms with E-state index < -0.39 is 10.0 Å². The normalized spacial score (nSPS) is 21.7. The van der Waals surface area contributed by atoms with Gasteiger partial charge >= 0.3 is 0 Å². The fourth-order valence-corrected chi connectivity index (χ4v) is 4.01. The fraction of sp³-hybridized carbons (Fsp3) is 0.500. The van der Waals surface area contributed by atoms with Crippen LogP contribution in [0.4, 0.5) is 5.69 Å². The molecule has 1 fully saturated rings. The second-order valence-corrected chi connectivity index (χ2v) is 7.56. The number of anilines is 1. The van der Waals surface area contributed by atoms with Crippen LogP contribution in [-0.4, -0.2) is 32.7 Å². The lowest BCUT2D eigenvalue weighted by molar-refractivity contribution is 0.0951. The highest BCUT2D eigenvalue weighted by molar-refractivity contribution is 7.92. The molecule has 0 bridgehead atoms. The van der Waals surface area contributed by atoms with Crippen molar-refractivity contribution in [2.75, 3.05) is 10.6 Å². The first-order valence-electron chi connectivity index (χ1n) is 6.79. The van der Waals surface area contributed by atoms with E-state index in [9.17, 15) is 13.2 Å². The summed E-state index contributed by atoms with van der Waals surface area (Å²) in [4.78, 5) is 12.0. The first kappa shape index (κ1) is 13.4. The topological polar surface area (TPSA) is 66.5 Å². The highest BCUT2D eigenvalue weighted by Crippen LogP contribution is 2.34. The minimum absolute atomic E-state index is 0.0687. The summed E-state index contributed by atoms with van der Waals surface area (Å²) < 4.78 is 25.1. The number of sulfonamides is 1. The second kappa shape index (κ2) is 4.48. The maximum absolute atomic E-state index is 12.0. The molecule has 1 atom stereocenters. The molecule has 0 spiro atoms. The van der Waals surface area contributed by atoms with Gasteiger partial charge in [0.15, 0.2) is 0 Å². The van der Waals surface area contributed by atoms with E-state index in [0.717, 1.165) is 18.4 Å². The molecule has 1 aliphatic heterocycles. The van der Waals surface area contributed by atoms with Crippen LogP contribution in [0, 0.1) is 0 Å². The van der Waals surface area contributed by atoms with Crippen molar-refractivity contribution >= 4 is 21.6 Å². The third kappa shape index (κ3) is 2.40. The van der Waals surface area contributed by atoms with Crippen molar-refractivity contribution in [1.29, 1.82) is 0 Å². The Balaban J connectivity index is 1.91. The van der Waals surface area contributed by atoms with Crippen LogP contribution in [0.2, 0.25) is 0 Å². The van der Waals surface area contributed by atoms with Gasteiger partial charge in [-0.25, -0.2) is 8.42 Å². The van der Waals surface area contributed by atoms with E-state index in [0.29, 0.717) is 23.7 Å². The molecule has 0 saturated heterocycles. The van der Waals surface area contributed by atoms with Crippen LogP contribution in [-0.2, 0) is 16.4 Å². The first-order valence-corrected chi connectivity index (χ1v) is 8.64. The number of nitrogens with one attached hydrogen (secondary N) is 1. The summed E-state index contributed by atoms with van der Waals surface area (Å²) in [6.07, 6.45) is 3.96. The van der Waals surface area contributed by atoms with Crippen LogP contribution < -0.4 is 9.62 Å². The molecule has 1 aromatic carbocycles. The Morgan fingerprint density at radius 2 is 2.05 bits per heavy atom. The SMILES string of the molecule is CC1Cc2cc(C(=O)NC3CC3)ccc2N1S(C)(=O)=O. The Morgan fingerprint density at radius 3 is 2.65 bits per heavy atom. The maximum Gasteiger partial charge on any atom is 0.251 e. The van der Waals surface area contributed by atoms with Crippen LogP contribution in [0.15, 0.2) is 18.2 Å². The molecule has 5 nitrogen and oxygen atoms in total. The van der Waals surface area contributed by atoms with Gasteiger partial charge in [-0.1, -0.05) is 0 Å². The van der Waals surface area contributed by atoms with E-state index in [1.54, 1.807) is 12.1 Å². The van der Waals surface area contributed by atoms with Gasteiger partial charge in [0.25, 0.3) is 5.91 Å². The van der Waals surface area contributed by atoms with Crippen molar-refractivity contribution in [3.8, 4) is 0 Å². The largest absolute Gasteiger partial charge is 0.349 e. The smallest absolute Gasteiger partial charge is 0.251 e. The molecule has 108 valence electrons. The van der Waals surface area contributed by atoms with Crippen molar-refractivity contribution in [3.05, 3.63) is 29.3 Å². The molecule has 1 N–H and O–H groups in total. The second-order valence-electron chi connectivity index (χ2n) is 5.70. The van der Waals surface area contributed by atoms with Gasteiger partial charge < -0.3 is 5.32 Å². The number of benzene rings is 1. The molecule has 0 radical (unpaired) electrons. The molecule has 1 unspecified atom stereocenters. The number of hydrogen-bond donors (Lipinski definition) is 1. The van der Waals surface area contributed by atoms with Gasteiger partial charge in [-0.15, -0.1) is 0 Å². The molecule has 1 aromatic rings. The molecule has 6 heteroatoms. The Morgan fingerprint density at radius 1 is 1.35 bits per heavy atom. The Labute approximate surface area is 119 Å². The average molecular weight is 294 g/mol. The van der Waals surface area contributed by atoms with Crippen molar-refractivity contribution in [2.45, 2.75) is 38.3 Å². The summed E-state index contributed by atoms with van der Waals surface area (Å²) in [6.45, 7) is 1.88. The third-order valence-corrected chi connectivity index (χ3v) is 5.04. The zero-order valence-corrected chi connectivity index (χ0v) is 12.4. The van der Waals surface area contributed by atoms with Gasteiger partial charge in [0.1, 0.15) is 0 Å². The van der Waals surface area contributed by atoms with Crippen LogP contribution in [0.1, 0.15) is 35.7 Å². The first-order chi connectivity index (χ1) is 9.36. The van der Waals surface area contributed by atoms with Crippen LogP contribution >= 0.6 is 0 Å². The maximum atomic E-state index is 12.0. The number of carbonyl (C=O) groups is 1. The highest BCUT2D eigenvalue weighted by Gasteiger charge is 2.33. The van der Waals surface area contributed by atoms with E-state index in [1.807, 2.05) is 13.0 Å². The standard InChI is InChI=1S/C14H18N2O3S/c1-9-7-11-8-10(14(17)15-12-4-5-12)3-6-13(11)16(9)20(2,18)19/h3,6,8-9,12H,4-5,7H2,1-2H3,(H,15,17). The molecule has 0 aromatic heterocycles. The Bertz CT molecular complexity index is 665. The fourth-order valence-electron chi connectivity index (χ4n) is 2.75. The van der Waals surface area contributed by atoms with Crippen LogP contribution in [0.3, 0.4) is 0 Å². The summed E-state index contributed by atoms with van der Waals surface area (Å²) in [5, 5.41) is 2.94. The van der Waals surface area contributed by atoms with E-state index >= 15 is 0 Å². The number of amides is 1. The molecule has 1 saturated carbocycles. The highest BCUT2D eigenvalue weighted by atomic mass is 32.2. The minimum Gasteiger partial charge on any atom is -0.349 e. The molecule has 20 heavy (non-hydrogen) atoms. The van der Waals surface area contributed by atoms with E-state index in [2.05, 4.69) is 5.32 Å². The quantitative estimate of drug-likeness (QED) is 0.913. The molecule has 3 rings (SSSR count). The molecule has 2 aliphatic rings. The number of hydrogen-bond acceptors (Lipinski definition) is 3. The summed E-state index contributed by atoms with van der Waals surface area (Å²) in [7, 11) is -3.27. The monoisotopic (exact) mass is 294 g/mol. The molecule has 1 aliphatic carbocycles. The molecule has 1 heterocycles. The Hall–Kier alpha value is -1.56. The average Bonchev–Trinajstić information content (AvgIpc) is 3.06. The van der Waals surface area contributed by atoms with Crippen LogP contribution in [0.25, 0.3) is 0 Å². The van der Waals surface area contributed by atoms with E-state index in [1.165, 1.54) is 10.6 Å². The lowest BCUT2D eigenvalue weighted by Crippen LogP contribution is -2.34. The van der Waals surface area contributed by atoms with Crippen molar-refractivity contribution in [2.24, 2.45) is 0 Å². The van der Waals surface area contributed by atoms with E-state index in [-0.39, 0.29) is 11.9 Å². The summed E-state index contributed by atoms with van der Waals surface area (Å²) >= 11 is 0. The predicted octanol–water partition coefficient (Wildman–Crippen LogP) is 1.29. The zero-order chi connectivity index (χ0) is 14.5. The minimum atomic E-state index is -3.27. The van der Waals surface area contributed by atoms with Crippen LogP contribution in [0.5, 0.6) is 0 Å². The lowest BCUT2D eigenvalue weighted by atomic mass is 10.1. The Kier molecular flexibility index (Phi) is 3.01. The van der Waals surface area contributed by atoms with Gasteiger partial charge in [0, 0.05) is 17.6 Å². The van der Waals surface area contributed by atoms with Gasteiger partial charge in [-0.2, -0.15) is 0 Å². The molecular weight excluding hydrogens is 276 g/mol. The van der Waals surface area contributed by atoms with Crippen molar-refractivity contribution in [1.82, 2.24) is 5.32 Å². The summed E-state index contributed by atoms with van der Waals surface area (Å²) in [5.41, 5.74) is 2.23. The number of fused-ring (bicyclic) bond motifs is 1. The van der Waals surface area contributed by atoms with Gasteiger partial charge in [0.05, 0.1) is 11.9 Å². The third-order valence-electron chi connectivity index (χ3n) is 3.76. The molecular formula is C14H18N2O3S. The van der Waals surface area contributed by atoms with E-state index in [4.69, 9.17) is 0 Å². The number of rotatable bonds is 3.